The molecule has 1 amide bonds. The highest BCUT2D eigenvalue weighted by Crippen LogP contribution is 2.34. The fraction of sp³-hybridized carbons (Fsp3) is 0.370. The standard InChI is InChI=1S/C27H26N2O14/c1-12(30)39-11-22-24(40-13(2)31)26(42-15(4)33)25(41-14(3)32)23(43-22)18-9-21(35)19(10-20(18)34)28-27(36)16-5-7-17(8-6-16)29(37)38/h5-10,22-26H,11H2,1-4H3,(H,28,36)/t22-,23+,24-,25+,26+/m1/s1. The SMILES string of the molecule is CC(=O)OC[C@H]1O[C@@H](C2=CC(=O)C(NC(=O)c3ccc([N+](=O)[O-])cc3)=CC2=O)[C@H](OC(C)=O)[C@@H](OC(C)=O)[C@@H]1OC(C)=O. The predicted octanol–water partition coefficient (Wildman–Crippen LogP) is 0.412. The number of amides is 1. The lowest BCUT2D eigenvalue weighted by Crippen LogP contribution is -2.63. The minimum atomic E-state index is -1.62. The van der Waals surface area contributed by atoms with Crippen LogP contribution in [0.2, 0.25) is 0 Å². The van der Waals surface area contributed by atoms with E-state index in [-0.39, 0.29) is 16.8 Å². The molecule has 43 heavy (non-hydrogen) atoms. The van der Waals surface area contributed by atoms with Gasteiger partial charge in [0.15, 0.2) is 24.1 Å². The molecule has 0 unspecified atom stereocenters. The topological polar surface area (TPSA) is 221 Å². The molecule has 3 rings (SSSR count). The van der Waals surface area contributed by atoms with Crippen LogP contribution in [0.4, 0.5) is 5.69 Å². The van der Waals surface area contributed by atoms with Gasteiger partial charge in [-0.05, 0) is 18.2 Å². The Balaban J connectivity index is 1.96. The molecule has 16 nitrogen and oxygen atoms in total. The first kappa shape index (κ1) is 32.3. The highest BCUT2D eigenvalue weighted by Gasteiger charge is 2.54. The molecule has 1 fully saturated rings. The molecule has 0 aromatic heterocycles. The van der Waals surface area contributed by atoms with Crippen LogP contribution in [0.15, 0.2) is 47.7 Å². The van der Waals surface area contributed by atoms with E-state index in [2.05, 4.69) is 5.32 Å². The van der Waals surface area contributed by atoms with Gasteiger partial charge in [0.2, 0.25) is 5.78 Å². The zero-order chi connectivity index (χ0) is 32.0. The number of non-ortho nitro benzene ring substituents is 1. The van der Waals surface area contributed by atoms with Gasteiger partial charge in [0.05, 0.1) is 10.6 Å². The molecule has 1 N–H and O–H groups in total. The number of hydrogen-bond donors (Lipinski definition) is 1. The lowest BCUT2D eigenvalue weighted by molar-refractivity contribution is -0.384. The second-order valence-electron chi connectivity index (χ2n) is 9.26. The summed E-state index contributed by atoms with van der Waals surface area (Å²) in [6, 6.07) is 4.48. The third kappa shape index (κ3) is 8.16. The minimum Gasteiger partial charge on any atom is -0.463 e. The average molecular weight is 603 g/mol. The van der Waals surface area contributed by atoms with Crippen molar-refractivity contribution in [3.63, 3.8) is 0 Å². The number of benzene rings is 1. The number of carbonyl (C=O) groups excluding carboxylic acids is 7. The van der Waals surface area contributed by atoms with Crippen molar-refractivity contribution in [3.05, 3.63) is 63.4 Å². The average Bonchev–Trinajstić information content (AvgIpc) is 2.91. The summed E-state index contributed by atoms with van der Waals surface area (Å²) in [6.07, 6.45) is -6.01. The maximum atomic E-state index is 13.3. The molecule has 1 aromatic carbocycles. The first-order valence-electron chi connectivity index (χ1n) is 12.6. The van der Waals surface area contributed by atoms with Crippen molar-refractivity contribution in [2.45, 2.75) is 58.2 Å². The van der Waals surface area contributed by atoms with Crippen molar-refractivity contribution in [1.82, 2.24) is 5.32 Å². The van der Waals surface area contributed by atoms with Gasteiger partial charge in [-0.3, -0.25) is 43.7 Å². The lowest BCUT2D eigenvalue weighted by Gasteiger charge is -2.45. The predicted molar refractivity (Wildman–Crippen MR) is 139 cm³/mol. The fourth-order valence-electron chi connectivity index (χ4n) is 4.30. The van der Waals surface area contributed by atoms with Crippen molar-refractivity contribution < 1.29 is 62.2 Å². The van der Waals surface area contributed by atoms with E-state index < -0.39 is 89.1 Å². The maximum absolute atomic E-state index is 13.3. The van der Waals surface area contributed by atoms with E-state index in [1.165, 1.54) is 0 Å². The Labute approximate surface area is 243 Å². The number of esters is 4. The van der Waals surface area contributed by atoms with Crippen molar-refractivity contribution in [1.29, 1.82) is 0 Å². The van der Waals surface area contributed by atoms with Gasteiger partial charge < -0.3 is 29.0 Å². The normalized spacial score (nSPS) is 23.2. The molecule has 2 aliphatic rings. The molecule has 1 saturated heterocycles. The Morgan fingerprint density at radius 1 is 0.814 bits per heavy atom. The molecule has 0 bridgehead atoms. The summed E-state index contributed by atoms with van der Waals surface area (Å²) >= 11 is 0. The first-order valence-corrected chi connectivity index (χ1v) is 12.6. The number of carbonyl (C=O) groups is 7. The molecule has 5 atom stereocenters. The fourth-order valence-corrected chi connectivity index (χ4v) is 4.30. The van der Waals surface area contributed by atoms with Crippen LogP contribution < -0.4 is 5.32 Å². The Morgan fingerprint density at radius 2 is 1.37 bits per heavy atom. The lowest BCUT2D eigenvalue weighted by atomic mass is 9.86. The van der Waals surface area contributed by atoms with Crippen LogP contribution in [0.5, 0.6) is 0 Å². The van der Waals surface area contributed by atoms with Gasteiger partial charge in [-0.1, -0.05) is 0 Å². The molecule has 228 valence electrons. The Hall–Kier alpha value is -5.25. The number of nitrogens with one attached hydrogen (secondary N) is 1. The summed E-state index contributed by atoms with van der Waals surface area (Å²) in [6.45, 7) is 3.63. The van der Waals surface area contributed by atoms with Gasteiger partial charge in [-0.25, -0.2) is 0 Å². The second-order valence-corrected chi connectivity index (χ2v) is 9.26. The van der Waals surface area contributed by atoms with Gasteiger partial charge >= 0.3 is 23.9 Å². The van der Waals surface area contributed by atoms with Crippen molar-refractivity contribution in [2.24, 2.45) is 0 Å². The van der Waals surface area contributed by atoms with E-state index in [0.717, 1.165) is 64.1 Å². The summed E-state index contributed by atoms with van der Waals surface area (Å²) < 4.78 is 26.9. The Bertz CT molecular complexity index is 1430. The maximum Gasteiger partial charge on any atom is 0.303 e. The molecule has 0 radical (unpaired) electrons. The third-order valence-corrected chi connectivity index (χ3v) is 6.00. The van der Waals surface area contributed by atoms with Crippen LogP contribution in [0.25, 0.3) is 0 Å². The zero-order valence-corrected chi connectivity index (χ0v) is 23.2. The highest BCUT2D eigenvalue weighted by molar-refractivity contribution is 6.21. The summed E-state index contributed by atoms with van der Waals surface area (Å²) in [4.78, 5) is 96.5. The second kappa shape index (κ2) is 13.6. The van der Waals surface area contributed by atoms with Crippen LogP contribution in [0.1, 0.15) is 38.1 Å². The van der Waals surface area contributed by atoms with E-state index in [1.54, 1.807) is 0 Å². The van der Waals surface area contributed by atoms with E-state index >= 15 is 0 Å². The van der Waals surface area contributed by atoms with Gasteiger partial charge in [0.25, 0.3) is 11.6 Å². The molecule has 0 spiro atoms. The molecule has 1 heterocycles. The van der Waals surface area contributed by atoms with Crippen molar-refractivity contribution in [3.8, 4) is 0 Å². The number of allylic oxidation sites excluding steroid dienone is 2. The number of nitrogens with zero attached hydrogens (tertiary/aromatic N) is 1. The summed E-state index contributed by atoms with van der Waals surface area (Å²) in [5.41, 5.74) is -1.13. The number of hydrogen-bond acceptors (Lipinski definition) is 14. The summed E-state index contributed by atoms with van der Waals surface area (Å²) in [5.74, 6) is -5.98. The number of nitro benzene ring substituents is 1. The van der Waals surface area contributed by atoms with E-state index in [9.17, 15) is 43.7 Å². The van der Waals surface area contributed by atoms with Gasteiger partial charge in [0, 0.05) is 57.0 Å². The van der Waals surface area contributed by atoms with Crippen LogP contribution in [0, 0.1) is 10.1 Å². The molecule has 1 aliphatic carbocycles. The molecule has 0 saturated carbocycles. The van der Waals surface area contributed by atoms with Crippen LogP contribution in [0.3, 0.4) is 0 Å². The third-order valence-electron chi connectivity index (χ3n) is 6.00. The highest BCUT2D eigenvalue weighted by atomic mass is 16.7. The first-order chi connectivity index (χ1) is 20.2. The molecular weight excluding hydrogens is 576 g/mol. The molecule has 1 aliphatic heterocycles. The van der Waals surface area contributed by atoms with Gasteiger partial charge in [-0.15, -0.1) is 0 Å². The van der Waals surface area contributed by atoms with E-state index in [4.69, 9.17) is 23.7 Å². The molecule has 16 heteroatoms. The monoisotopic (exact) mass is 602 g/mol. The smallest absolute Gasteiger partial charge is 0.303 e. The number of nitro groups is 1. The van der Waals surface area contributed by atoms with Crippen molar-refractivity contribution in [2.75, 3.05) is 6.61 Å². The zero-order valence-electron chi connectivity index (χ0n) is 23.2. The molecular formula is C27H26N2O14. The summed E-state index contributed by atoms with van der Waals surface area (Å²) in [5, 5.41) is 13.1. The quantitative estimate of drug-likeness (QED) is 0.133. The van der Waals surface area contributed by atoms with Gasteiger partial charge in [0.1, 0.15) is 18.8 Å². The minimum absolute atomic E-state index is 0.0406. The number of rotatable bonds is 9. The summed E-state index contributed by atoms with van der Waals surface area (Å²) in [7, 11) is 0. The van der Waals surface area contributed by atoms with E-state index in [0.29, 0.717) is 0 Å². The Morgan fingerprint density at radius 3 is 1.91 bits per heavy atom. The van der Waals surface area contributed by atoms with Crippen LogP contribution >= 0.6 is 0 Å². The number of ether oxygens (including phenoxy) is 5. The van der Waals surface area contributed by atoms with E-state index in [1.807, 2.05) is 0 Å². The Kier molecular flexibility index (Phi) is 10.2. The van der Waals surface area contributed by atoms with Crippen LogP contribution in [-0.2, 0) is 52.5 Å². The number of ketones is 2. The van der Waals surface area contributed by atoms with Crippen molar-refractivity contribution >= 4 is 47.0 Å². The largest absolute Gasteiger partial charge is 0.463 e. The van der Waals surface area contributed by atoms with Crippen LogP contribution in [-0.4, -0.2) is 83.4 Å². The van der Waals surface area contributed by atoms with Gasteiger partial charge in [-0.2, -0.15) is 0 Å². The molecule has 1 aromatic rings.